The van der Waals surface area contributed by atoms with Crippen LogP contribution in [0.25, 0.3) is 77.2 Å². The largest absolute Gasteiger partial charge is 0.453 e. The zero-order valence-electron chi connectivity index (χ0n) is 36.7. The van der Waals surface area contributed by atoms with E-state index in [0.717, 1.165) is 61.3 Å². The van der Waals surface area contributed by atoms with Gasteiger partial charge in [0.2, 0.25) is 0 Å². The summed E-state index contributed by atoms with van der Waals surface area (Å²) in [4.78, 5) is 2.44. The summed E-state index contributed by atoms with van der Waals surface area (Å²) in [6, 6.07) is 94.9. The Hall–Kier alpha value is -8.72. The van der Waals surface area contributed by atoms with Crippen molar-refractivity contribution < 1.29 is 4.42 Å². The Kier molecular flexibility index (Phi) is 9.11. The van der Waals surface area contributed by atoms with Crippen LogP contribution in [0.5, 0.6) is 0 Å². The smallest absolute Gasteiger partial charge is 0.159 e. The molecule has 13 rings (SSSR count). The Morgan fingerprint density at radius 1 is 0.313 bits per heavy atom. The fourth-order valence-electron chi connectivity index (χ4n) is 10.9. The van der Waals surface area contributed by atoms with Gasteiger partial charge in [0.15, 0.2) is 5.58 Å². The maximum atomic E-state index is 7.34. The molecule has 0 unspecified atom stereocenters. The maximum Gasteiger partial charge on any atom is 0.159 e. The van der Waals surface area contributed by atoms with Crippen molar-refractivity contribution in [3.05, 3.63) is 283 Å². The fourth-order valence-corrected chi connectivity index (χ4v) is 10.9. The molecule has 67 heavy (non-hydrogen) atoms. The van der Waals surface area contributed by atoms with Crippen molar-refractivity contribution >= 4 is 49.8 Å². The van der Waals surface area contributed by atoms with Crippen molar-refractivity contribution in [2.24, 2.45) is 0 Å². The Morgan fingerprint density at radius 3 is 1.61 bits per heavy atom. The van der Waals surface area contributed by atoms with Gasteiger partial charge in [-0.05, 0) is 109 Å². The van der Waals surface area contributed by atoms with Crippen molar-refractivity contribution in [1.82, 2.24) is 0 Å². The summed E-state index contributed by atoms with van der Waals surface area (Å²) in [6.45, 7) is 0. The molecule has 0 saturated heterocycles. The van der Waals surface area contributed by atoms with Crippen molar-refractivity contribution in [2.75, 3.05) is 4.90 Å². The minimum atomic E-state index is -0.556. The molecule has 11 aromatic carbocycles. The van der Waals surface area contributed by atoms with Gasteiger partial charge in [-0.15, -0.1) is 0 Å². The van der Waals surface area contributed by atoms with Crippen molar-refractivity contribution in [2.45, 2.75) is 5.41 Å². The van der Waals surface area contributed by atoms with E-state index in [0.29, 0.717) is 0 Å². The standard InChI is InChI=1S/C65H43NO/c1-5-19-44(20-6-1)50-42-56(47-22-7-2-8-23-47)63-57(43-50)54-30-17-34-61(64(54)67-63)66(53-39-37-46(38-40-53)49-36-35-45-21-13-14-24-48(45)41-49)60-33-18-32-59-62(60)55-29-15-16-31-58(55)65(59,51-25-9-3-10-26-51)52-27-11-4-12-28-52/h1-43H. The van der Waals surface area contributed by atoms with E-state index in [4.69, 9.17) is 4.42 Å². The van der Waals surface area contributed by atoms with E-state index in [1.165, 1.54) is 55.3 Å². The lowest BCUT2D eigenvalue weighted by Crippen LogP contribution is -2.28. The third-order valence-corrected chi connectivity index (χ3v) is 13.9. The highest BCUT2D eigenvalue weighted by Crippen LogP contribution is 2.60. The molecule has 0 radical (unpaired) electrons. The van der Waals surface area contributed by atoms with Crippen LogP contribution < -0.4 is 4.90 Å². The van der Waals surface area contributed by atoms with Crippen LogP contribution in [0.1, 0.15) is 22.3 Å². The number of furan rings is 1. The second-order valence-electron chi connectivity index (χ2n) is 17.6. The first-order valence-electron chi connectivity index (χ1n) is 23.1. The van der Waals surface area contributed by atoms with Gasteiger partial charge in [0.25, 0.3) is 0 Å². The molecular weight excluding hydrogens is 811 g/mol. The third kappa shape index (κ3) is 6.18. The van der Waals surface area contributed by atoms with Crippen molar-refractivity contribution in [3.63, 3.8) is 0 Å². The quantitative estimate of drug-likeness (QED) is 0.151. The van der Waals surface area contributed by atoms with Crippen LogP contribution >= 0.6 is 0 Å². The molecule has 0 fully saturated rings. The number of fused-ring (bicyclic) bond motifs is 7. The number of para-hydroxylation sites is 1. The first-order valence-corrected chi connectivity index (χ1v) is 23.1. The normalized spacial score (nSPS) is 12.6. The van der Waals surface area contributed by atoms with Crippen molar-refractivity contribution in [1.29, 1.82) is 0 Å². The molecule has 12 aromatic rings. The van der Waals surface area contributed by atoms with Crippen LogP contribution in [0.3, 0.4) is 0 Å². The molecule has 314 valence electrons. The molecule has 2 heteroatoms. The summed E-state index contributed by atoms with van der Waals surface area (Å²) < 4.78 is 7.34. The van der Waals surface area contributed by atoms with E-state index in [2.05, 4.69) is 266 Å². The number of nitrogens with zero attached hydrogens (tertiary/aromatic N) is 1. The van der Waals surface area contributed by atoms with E-state index in [1.807, 2.05) is 0 Å². The molecule has 1 aliphatic rings. The first kappa shape index (κ1) is 38.7. The summed E-state index contributed by atoms with van der Waals surface area (Å²) in [5, 5.41) is 4.61. The van der Waals surface area contributed by atoms with Gasteiger partial charge in [-0.1, -0.05) is 218 Å². The summed E-state index contributed by atoms with van der Waals surface area (Å²) in [7, 11) is 0. The highest BCUT2D eigenvalue weighted by Gasteiger charge is 2.47. The van der Waals surface area contributed by atoms with Gasteiger partial charge in [-0.25, -0.2) is 0 Å². The number of hydrogen-bond donors (Lipinski definition) is 0. The molecule has 1 heterocycles. The maximum absolute atomic E-state index is 7.34. The molecule has 0 aliphatic heterocycles. The lowest BCUT2D eigenvalue weighted by Gasteiger charge is -2.34. The molecule has 0 amide bonds. The van der Waals surface area contributed by atoms with E-state index in [9.17, 15) is 0 Å². The molecule has 1 aliphatic carbocycles. The van der Waals surface area contributed by atoms with Crippen LogP contribution in [0.2, 0.25) is 0 Å². The molecule has 2 nitrogen and oxygen atoms in total. The van der Waals surface area contributed by atoms with Crippen molar-refractivity contribution in [3.8, 4) is 44.5 Å². The Labute approximate surface area is 390 Å². The number of hydrogen-bond acceptors (Lipinski definition) is 2. The monoisotopic (exact) mass is 853 g/mol. The van der Waals surface area contributed by atoms with Crippen LogP contribution in [-0.2, 0) is 5.41 Å². The summed E-state index contributed by atoms with van der Waals surface area (Å²) in [5.41, 5.74) is 18.5. The van der Waals surface area contributed by atoms with E-state index < -0.39 is 5.41 Å². The summed E-state index contributed by atoms with van der Waals surface area (Å²) in [5.74, 6) is 0. The van der Waals surface area contributed by atoms with Gasteiger partial charge in [0.05, 0.1) is 16.8 Å². The van der Waals surface area contributed by atoms with Gasteiger partial charge in [0, 0.05) is 27.6 Å². The number of benzene rings is 11. The summed E-state index contributed by atoms with van der Waals surface area (Å²) in [6.07, 6.45) is 0. The van der Waals surface area contributed by atoms with Gasteiger partial charge in [0.1, 0.15) is 5.58 Å². The second-order valence-corrected chi connectivity index (χ2v) is 17.6. The average molecular weight is 854 g/mol. The highest BCUT2D eigenvalue weighted by molar-refractivity contribution is 6.15. The number of anilines is 3. The SMILES string of the molecule is c1ccc(-c2cc(-c3ccccc3)c3oc4c(N(c5ccc(-c6ccc7ccccc7c6)cc5)c5cccc6c5-c5ccccc5C6(c5ccccc5)c5ccccc5)cccc4c3c2)cc1. The van der Waals surface area contributed by atoms with Crippen LogP contribution in [0.15, 0.2) is 265 Å². The molecular formula is C65H43NO. The van der Waals surface area contributed by atoms with Gasteiger partial charge < -0.3 is 9.32 Å². The molecule has 0 atom stereocenters. The Balaban J connectivity index is 1.09. The van der Waals surface area contributed by atoms with Gasteiger partial charge >= 0.3 is 0 Å². The van der Waals surface area contributed by atoms with Crippen LogP contribution in [-0.4, -0.2) is 0 Å². The first-order chi connectivity index (χ1) is 33.2. The molecule has 0 bridgehead atoms. The lowest BCUT2D eigenvalue weighted by atomic mass is 9.68. The summed E-state index contributed by atoms with van der Waals surface area (Å²) >= 11 is 0. The molecule has 0 saturated carbocycles. The van der Waals surface area contributed by atoms with E-state index in [1.54, 1.807) is 0 Å². The van der Waals surface area contributed by atoms with Crippen LogP contribution in [0, 0.1) is 0 Å². The van der Waals surface area contributed by atoms with E-state index in [-0.39, 0.29) is 0 Å². The zero-order valence-corrected chi connectivity index (χ0v) is 36.7. The Morgan fingerprint density at radius 2 is 0.881 bits per heavy atom. The molecule has 0 N–H and O–H groups in total. The van der Waals surface area contributed by atoms with Gasteiger partial charge in [-0.2, -0.15) is 0 Å². The number of rotatable bonds is 8. The minimum Gasteiger partial charge on any atom is -0.453 e. The van der Waals surface area contributed by atoms with E-state index >= 15 is 0 Å². The predicted octanol–water partition coefficient (Wildman–Crippen LogP) is 17.6. The zero-order chi connectivity index (χ0) is 44.3. The average Bonchev–Trinajstić information content (AvgIpc) is 3.94. The van der Waals surface area contributed by atoms with Gasteiger partial charge in [-0.3, -0.25) is 0 Å². The second kappa shape index (κ2) is 15.8. The predicted molar refractivity (Wildman–Crippen MR) is 280 cm³/mol. The fraction of sp³-hybridized carbons (Fsp3) is 0.0154. The third-order valence-electron chi connectivity index (χ3n) is 13.9. The topological polar surface area (TPSA) is 16.4 Å². The van der Waals surface area contributed by atoms with Crippen LogP contribution in [0.4, 0.5) is 17.1 Å². The minimum absolute atomic E-state index is 0.556. The highest BCUT2D eigenvalue weighted by atomic mass is 16.3. The lowest BCUT2D eigenvalue weighted by molar-refractivity contribution is 0.670. The molecule has 0 spiro atoms. The Bertz CT molecular complexity index is 3740. The molecule has 1 aromatic heterocycles.